The fourth-order valence-corrected chi connectivity index (χ4v) is 10.3. The Balaban J connectivity index is 7.79. The van der Waals surface area contributed by atoms with E-state index in [1.165, 1.54) is 0 Å². The Labute approximate surface area is 153 Å². The van der Waals surface area contributed by atoms with Crippen LogP contribution in [-0.2, 0) is 32.6 Å². The summed E-state index contributed by atoms with van der Waals surface area (Å²) in [6.45, 7) is 0. The van der Waals surface area contributed by atoms with E-state index in [4.69, 9.17) is 20.0 Å². The number of carbonyl (C=O) groups excluding carboxylic acids is 1. The normalized spacial score (nSPS) is 16.3. The first kappa shape index (κ1) is 27.2. The van der Waals surface area contributed by atoms with Crippen LogP contribution in [0.4, 0.5) is 0 Å². The third-order valence-corrected chi connectivity index (χ3v) is 10.7. The number of carboxylic acids is 2. The quantitative estimate of drug-likeness (QED) is 0.140. The van der Waals surface area contributed by atoms with Crippen LogP contribution in [0, 0.1) is 5.92 Å². The fourth-order valence-electron chi connectivity index (χ4n) is 2.41. The molecule has 0 aliphatic heterocycles. The Morgan fingerprint density at radius 3 is 1.29 bits per heavy atom. The van der Waals surface area contributed by atoms with E-state index in [-0.39, 0.29) is 0 Å². The first-order valence-electron chi connectivity index (χ1n) is 6.24. The van der Waals surface area contributed by atoms with Crippen molar-refractivity contribution >= 4 is 47.8 Å². The van der Waals surface area contributed by atoms with Crippen LogP contribution in [0.15, 0.2) is 0 Å². The third kappa shape index (κ3) is 5.22. The molecule has 0 radical (unpaired) electrons. The predicted octanol–water partition coefficient (Wildman–Crippen LogP) is -2.54. The lowest BCUT2D eigenvalue weighted by molar-refractivity contribution is -0.149. The summed E-state index contributed by atoms with van der Waals surface area (Å²) in [6, 6.07) is 0. The lowest BCUT2D eigenvalue weighted by atomic mass is 9.98. The molecule has 164 valence electrons. The lowest BCUT2D eigenvalue weighted by Gasteiger charge is -2.42. The second-order valence-corrected chi connectivity index (χ2v) is 12.5. The fraction of sp³-hybridized carbons (Fsp3) is 0.571. The highest BCUT2D eigenvalue weighted by Gasteiger charge is 2.77. The summed E-state index contributed by atoms with van der Waals surface area (Å²) in [5, 5.41) is 17.8. The molecule has 0 aliphatic carbocycles. The van der Waals surface area contributed by atoms with Gasteiger partial charge in [-0.05, 0) is 0 Å². The molecular formula is C7H14O17P4. The van der Waals surface area contributed by atoms with E-state index in [0.717, 1.165) is 0 Å². The molecule has 0 heterocycles. The van der Waals surface area contributed by atoms with Gasteiger partial charge in [0.25, 0.3) is 5.52 Å². The van der Waals surface area contributed by atoms with Crippen LogP contribution in [0.2, 0.25) is 0 Å². The molecule has 0 spiro atoms. The minimum absolute atomic E-state index is 2.10. The summed E-state index contributed by atoms with van der Waals surface area (Å²) in [6.07, 6.45) is -2.10. The zero-order valence-electron chi connectivity index (χ0n) is 13.0. The largest absolute Gasteiger partial charge is 0.481 e. The highest BCUT2D eigenvalue weighted by molar-refractivity contribution is 7.77. The molecule has 0 amide bonds. The number of carboxylic acid groups (broad SMARTS) is 2. The number of hydrogen-bond donors (Lipinski definition) is 10. The average molecular weight is 494 g/mol. The van der Waals surface area contributed by atoms with Crippen molar-refractivity contribution in [1.29, 1.82) is 0 Å². The van der Waals surface area contributed by atoms with Gasteiger partial charge in [0, 0.05) is 0 Å². The van der Waals surface area contributed by atoms with Crippen LogP contribution in [0.5, 0.6) is 0 Å². The standard InChI is InChI=1S/C7H14O17P4/c8-3(9)1-2(5(10)11)7(27(19,20)21,28(22,23)24)4(25(13,14)15)6(12)26(16,17)18/h2,4H,1H2,(H,8,9)(H,10,11)(H2,13,14,15)(H2,16,17,18)(H2,19,20,21)(H2,22,23,24). The molecule has 0 aromatic rings. The van der Waals surface area contributed by atoms with Crippen molar-refractivity contribution in [2.75, 3.05) is 0 Å². The van der Waals surface area contributed by atoms with Gasteiger partial charge in [-0.25, -0.2) is 0 Å². The number of aliphatic carboxylic acids is 2. The van der Waals surface area contributed by atoms with Gasteiger partial charge in [0.1, 0.15) is 0 Å². The Kier molecular flexibility index (Phi) is 7.92. The molecule has 28 heavy (non-hydrogen) atoms. The zero-order chi connectivity index (χ0) is 23.1. The zero-order valence-corrected chi connectivity index (χ0v) is 16.6. The van der Waals surface area contributed by atoms with E-state index in [0.29, 0.717) is 0 Å². The maximum atomic E-state index is 11.9. The molecule has 0 fully saturated rings. The van der Waals surface area contributed by atoms with E-state index in [1.54, 1.807) is 0 Å². The van der Waals surface area contributed by atoms with E-state index < -0.39 is 70.7 Å². The molecule has 17 nitrogen and oxygen atoms in total. The van der Waals surface area contributed by atoms with Crippen LogP contribution in [0.25, 0.3) is 0 Å². The monoisotopic (exact) mass is 494 g/mol. The van der Waals surface area contributed by atoms with Gasteiger partial charge in [-0.2, -0.15) is 0 Å². The summed E-state index contributed by atoms with van der Waals surface area (Å²) >= 11 is 0. The van der Waals surface area contributed by atoms with Crippen molar-refractivity contribution < 1.29 is 82.0 Å². The molecule has 2 unspecified atom stereocenters. The highest BCUT2D eigenvalue weighted by atomic mass is 31.2. The topological polar surface area (TPSA) is 322 Å². The van der Waals surface area contributed by atoms with Crippen molar-refractivity contribution in [3.63, 3.8) is 0 Å². The maximum absolute atomic E-state index is 11.9. The summed E-state index contributed by atoms with van der Waals surface area (Å²) in [7, 11) is -26.9. The molecule has 0 aromatic heterocycles. The van der Waals surface area contributed by atoms with Crippen molar-refractivity contribution in [3.8, 4) is 0 Å². The molecule has 0 bridgehead atoms. The SMILES string of the molecule is O=C(O)CC(C(=O)O)C(C(C(=O)P(=O)(O)O)P(=O)(O)O)(P(=O)(O)O)P(=O)(O)O. The average Bonchev–Trinajstić information content (AvgIpc) is 2.35. The van der Waals surface area contributed by atoms with Crippen LogP contribution in [0.3, 0.4) is 0 Å². The summed E-state index contributed by atoms with van der Waals surface area (Å²) in [4.78, 5) is 103. The predicted molar refractivity (Wildman–Crippen MR) is 83.1 cm³/mol. The van der Waals surface area contributed by atoms with Crippen molar-refractivity contribution in [2.45, 2.75) is 17.0 Å². The van der Waals surface area contributed by atoms with E-state index >= 15 is 0 Å². The number of carbonyl (C=O) groups is 3. The van der Waals surface area contributed by atoms with Crippen LogP contribution < -0.4 is 0 Å². The third-order valence-electron chi connectivity index (χ3n) is 3.38. The number of rotatable bonds is 10. The van der Waals surface area contributed by atoms with Gasteiger partial charge in [0.05, 0.1) is 12.3 Å². The van der Waals surface area contributed by atoms with Gasteiger partial charge < -0.3 is 49.4 Å². The molecule has 0 saturated heterocycles. The Morgan fingerprint density at radius 2 is 1.11 bits per heavy atom. The Bertz CT molecular complexity index is 827. The smallest absolute Gasteiger partial charge is 0.392 e. The van der Waals surface area contributed by atoms with E-state index in [9.17, 15) is 62.0 Å². The Morgan fingerprint density at radius 1 is 0.750 bits per heavy atom. The highest BCUT2D eigenvalue weighted by Crippen LogP contribution is 2.79. The molecule has 10 N–H and O–H groups in total. The Hall–Kier alpha value is -0.790. The lowest BCUT2D eigenvalue weighted by Crippen LogP contribution is -2.54. The molecule has 2 atom stereocenters. The van der Waals surface area contributed by atoms with Gasteiger partial charge in [0.15, 0.2) is 5.66 Å². The van der Waals surface area contributed by atoms with Crippen molar-refractivity contribution in [3.05, 3.63) is 0 Å². The first-order chi connectivity index (χ1) is 12.0. The van der Waals surface area contributed by atoms with Gasteiger partial charge in [-0.15, -0.1) is 0 Å². The second-order valence-electron chi connectivity index (χ2n) is 5.23. The molecule has 0 aliphatic rings. The molecule has 0 rings (SSSR count). The van der Waals surface area contributed by atoms with Crippen LogP contribution in [-0.4, -0.2) is 77.4 Å². The summed E-state index contributed by atoms with van der Waals surface area (Å²) in [5.74, 6) is -8.61. The van der Waals surface area contributed by atoms with Gasteiger partial charge in [-0.1, -0.05) is 0 Å². The summed E-state index contributed by atoms with van der Waals surface area (Å²) in [5.41, 5.74) is -7.38. The van der Waals surface area contributed by atoms with Crippen molar-refractivity contribution in [2.24, 2.45) is 5.92 Å². The molecule has 0 aromatic carbocycles. The van der Waals surface area contributed by atoms with Gasteiger partial charge >= 0.3 is 42.3 Å². The van der Waals surface area contributed by atoms with Crippen molar-refractivity contribution in [1.82, 2.24) is 0 Å². The second kappa shape index (κ2) is 8.15. The minimum atomic E-state index is -6.93. The molecular weight excluding hydrogens is 480 g/mol. The molecule has 21 heteroatoms. The van der Waals surface area contributed by atoms with E-state index in [1.807, 2.05) is 0 Å². The maximum Gasteiger partial charge on any atom is 0.392 e. The number of hydrogen-bond acceptors (Lipinski definition) is 7. The van der Waals surface area contributed by atoms with Crippen LogP contribution in [0.1, 0.15) is 6.42 Å². The van der Waals surface area contributed by atoms with Crippen LogP contribution >= 0.6 is 30.4 Å². The van der Waals surface area contributed by atoms with E-state index in [2.05, 4.69) is 0 Å². The molecule has 0 saturated carbocycles. The van der Waals surface area contributed by atoms with Gasteiger partial charge in [-0.3, -0.25) is 32.6 Å². The summed E-state index contributed by atoms with van der Waals surface area (Å²) < 4.78 is 46.7. The first-order valence-corrected chi connectivity index (χ1v) is 12.8. The minimum Gasteiger partial charge on any atom is -0.481 e. The van der Waals surface area contributed by atoms with Gasteiger partial charge in [0.2, 0.25) is 4.90 Å².